The second-order valence-electron chi connectivity index (χ2n) is 3.99. The normalized spacial score (nSPS) is 12.1. The van der Waals surface area contributed by atoms with E-state index < -0.39 is 5.97 Å². The minimum absolute atomic E-state index is 0. The van der Waals surface area contributed by atoms with Crippen LogP contribution in [0.25, 0.3) is 0 Å². The first kappa shape index (κ1) is 17.8. The third kappa shape index (κ3) is 5.52. The Morgan fingerprint density at radius 2 is 1.62 bits per heavy atom. The highest BCUT2D eigenvalue weighted by molar-refractivity contribution is 5.85. The monoisotopic (exact) mass is 249 g/mol. The molecule has 0 aliphatic carbocycles. The molecule has 4 heteroatoms. The Kier molecular flexibility index (Phi) is 9.58. The van der Waals surface area contributed by atoms with Crippen molar-refractivity contribution < 1.29 is 26.8 Å². The molecule has 0 radical (unpaired) electrons. The van der Waals surface area contributed by atoms with Crippen molar-refractivity contribution in [2.75, 3.05) is 26.2 Å². The molecule has 0 rings (SSSR count). The van der Waals surface area contributed by atoms with Gasteiger partial charge in [0.25, 0.3) is 0 Å². The molecule has 0 fully saturated rings. The Hall–Kier alpha value is -0.540. The maximum atomic E-state index is 10.6. The van der Waals surface area contributed by atoms with E-state index in [1.165, 1.54) is 0 Å². The zero-order valence-corrected chi connectivity index (χ0v) is 11.5. The molecule has 0 spiro atoms. The van der Waals surface area contributed by atoms with Crippen LogP contribution in [0, 0.1) is 0 Å². The van der Waals surface area contributed by atoms with Gasteiger partial charge in [-0.1, -0.05) is 6.08 Å². The van der Waals surface area contributed by atoms with Crippen LogP contribution in [-0.4, -0.2) is 41.7 Å². The van der Waals surface area contributed by atoms with Crippen molar-refractivity contribution in [2.24, 2.45) is 0 Å². The van der Waals surface area contributed by atoms with Gasteiger partial charge in [-0.05, 0) is 27.7 Å². The van der Waals surface area contributed by atoms with E-state index in [0.29, 0.717) is 5.57 Å². The Balaban J connectivity index is 0. The Bertz CT molecular complexity index is 227. The van der Waals surface area contributed by atoms with E-state index in [1.807, 2.05) is 6.08 Å². The van der Waals surface area contributed by atoms with Crippen molar-refractivity contribution in [2.45, 2.75) is 34.1 Å². The fourth-order valence-electron chi connectivity index (χ4n) is 1.79. The molecule has 0 aromatic carbocycles. The van der Waals surface area contributed by atoms with Crippen molar-refractivity contribution in [3.8, 4) is 0 Å². The summed E-state index contributed by atoms with van der Waals surface area (Å²) in [5.74, 6) is -0.808. The lowest BCUT2D eigenvalue weighted by Crippen LogP contribution is -3.00. The Labute approximate surface area is 105 Å². The first-order valence-electron chi connectivity index (χ1n) is 5.76. The molecule has 1 N–H and O–H groups in total. The summed E-state index contributed by atoms with van der Waals surface area (Å²) in [6.45, 7) is 12.6. The second-order valence-corrected chi connectivity index (χ2v) is 3.99. The average molecular weight is 250 g/mol. The number of hydrogen-bond donors (Lipinski definition) is 1. The predicted molar refractivity (Wildman–Crippen MR) is 62.8 cm³/mol. The van der Waals surface area contributed by atoms with Crippen LogP contribution in [-0.2, 0) is 4.79 Å². The van der Waals surface area contributed by atoms with E-state index in [9.17, 15) is 4.79 Å². The van der Waals surface area contributed by atoms with Gasteiger partial charge in [0.1, 0.15) is 0 Å². The standard InChI is InChI=1S/C12H23NO2.ClH/c1-5-13(6-2,7-3)10-8-9-11(4)12(14)15;/h9H,5-8,10H2,1-4H3;1H. The van der Waals surface area contributed by atoms with Crippen LogP contribution >= 0.6 is 0 Å². The van der Waals surface area contributed by atoms with Gasteiger partial charge in [0.15, 0.2) is 0 Å². The van der Waals surface area contributed by atoms with Gasteiger partial charge >= 0.3 is 5.97 Å². The molecule has 0 saturated heterocycles. The molecule has 16 heavy (non-hydrogen) atoms. The number of nitrogens with zero attached hydrogens (tertiary/aromatic N) is 1. The van der Waals surface area contributed by atoms with Crippen LogP contribution in [0.4, 0.5) is 0 Å². The smallest absolute Gasteiger partial charge is 0.330 e. The predicted octanol–water partition coefficient (Wildman–Crippen LogP) is -0.712. The topological polar surface area (TPSA) is 37.3 Å². The number of rotatable bonds is 7. The van der Waals surface area contributed by atoms with Crippen LogP contribution in [0.5, 0.6) is 0 Å². The number of carboxylic acid groups (broad SMARTS) is 1. The van der Waals surface area contributed by atoms with E-state index in [4.69, 9.17) is 5.11 Å². The highest BCUT2D eigenvalue weighted by atomic mass is 35.5. The number of carboxylic acids is 1. The number of carbonyl (C=O) groups is 1. The summed E-state index contributed by atoms with van der Waals surface area (Å²) < 4.78 is 1.07. The summed E-state index contributed by atoms with van der Waals surface area (Å²) in [5, 5.41) is 8.71. The zero-order valence-electron chi connectivity index (χ0n) is 10.8. The van der Waals surface area contributed by atoms with Crippen LogP contribution < -0.4 is 12.4 Å². The Morgan fingerprint density at radius 3 is 1.94 bits per heavy atom. The maximum Gasteiger partial charge on any atom is 0.330 e. The van der Waals surface area contributed by atoms with E-state index in [0.717, 1.165) is 37.1 Å². The van der Waals surface area contributed by atoms with Crippen LogP contribution in [0.15, 0.2) is 11.6 Å². The summed E-state index contributed by atoms with van der Waals surface area (Å²) in [6, 6.07) is 0. The van der Waals surface area contributed by atoms with Gasteiger partial charge in [0.2, 0.25) is 0 Å². The third-order valence-corrected chi connectivity index (χ3v) is 3.40. The minimum atomic E-state index is -0.808. The molecular weight excluding hydrogens is 226 g/mol. The van der Waals surface area contributed by atoms with E-state index in [-0.39, 0.29) is 12.4 Å². The summed E-state index contributed by atoms with van der Waals surface area (Å²) in [6.07, 6.45) is 2.68. The van der Waals surface area contributed by atoms with Gasteiger partial charge < -0.3 is 22.0 Å². The summed E-state index contributed by atoms with van der Waals surface area (Å²) in [5.41, 5.74) is 0.455. The second kappa shape index (κ2) is 8.59. The number of aliphatic carboxylic acids is 1. The largest absolute Gasteiger partial charge is 1.00 e. The molecule has 0 atom stereocenters. The van der Waals surface area contributed by atoms with E-state index >= 15 is 0 Å². The number of hydrogen-bond acceptors (Lipinski definition) is 1. The number of halogens is 1. The highest BCUT2D eigenvalue weighted by Gasteiger charge is 2.19. The molecule has 96 valence electrons. The van der Waals surface area contributed by atoms with Gasteiger partial charge in [-0.3, -0.25) is 0 Å². The molecule has 3 nitrogen and oxygen atoms in total. The molecule has 0 unspecified atom stereocenters. The molecule has 0 heterocycles. The van der Waals surface area contributed by atoms with Gasteiger partial charge in [0, 0.05) is 12.0 Å². The molecule has 0 aliphatic rings. The van der Waals surface area contributed by atoms with Gasteiger partial charge in [-0.2, -0.15) is 0 Å². The van der Waals surface area contributed by atoms with Crippen molar-refractivity contribution in [3.05, 3.63) is 11.6 Å². The van der Waals surface area contributed by atoms with Crippen LogP contribution in [0.1, 0.15) is 34.1 Å². The molecule has 0 amide bonds. The summed E-state index contributed by atoms with van der Waals surface area (Å²) in [7, 11) is 0. The zero-order chi connectivity index (χ0) is 11.9. The van der Waals surface area contributed by atoms with Gasteiger partial charge in [0.05, 0.1) is 26.2 Å². The minimum Gasteiger partial charge on any atom is -1.00 e. The molecule has 0 aromatic rings. The SMILES string of the molecule is CC[N+](CC)(CC)CCC=C(C)C(=O)O.[Cl-]. The lowest BCUT2D eigenvalue weighted by Gasteiger charge is -2.35. The lowest BCUT2D eigenvalue weighted by molar-refractivity contribution is -0.922. The van der Waals surface area contributed by atoms with Crippen molar-refractivity contribution >= 4 is 5.97 Å². The van der Waals surface area contributed by atoms with Crippen molar-refractivity contribution in [1.29, 1.82) is 0 Å². The number of quaternary nitrogens is 1. The van der Waals surface area contributed by atoms with Crippen molar-refractivity contribution in [1.82, 2.24) is 0 Å². The molecule has 0 aliphatic heterocycles. The fraction of sp³-hybridized carbons (Fsp3) is 0.750. The molecular formula is C12H24ClNO2. The molecule has 0 bridgehead atoms. The maximum absolute atomic E-state index is 10.6. The summed E-state index contributed by atoms with van der Waals surface area (Å²) >= 11 is 0. The summed E-state index contributed by atoms with van der Waals surface area (Å²) in [4.78, 5) is 10.6. The van der Waals surface area contributed by atoms with Crippen molar-refractivity contribution in [3.63, 3.8) is 0 Å². The van der Waals surface area contributed by atoms with E-state index in [2.05, 4.69) is 20.8 Å². The van der Waals surface area contributed by atoms with Crippen LogP contribution in [0.2, 0.25) is 0 Å². The molecule has 0 aromatic heterocycles. The van der Waals surface area contributed by atoms with Gasteiger partial charge in [-0.15, -0.1) is 0 Å². The van der Waals surface area contributed by atoms with Crippen LogP contribution in [0.3, 0.4) is 0 Å². The Morgan fingerprint density at radius 1 is 1.19 bits per heavy atom. The molecule has 0 saturated carbocycles. The third-order valence-electron chi connectivity index (χ3n) is 3.40. The first-order valence-corrected chi connectivity index (χ1v) is 5.76. The fourth-order valence-corrected chi connectivity index (χ4v) is 1.79. The van der Waals surface area contributed by atoms with E-state index in [1.54, 1.807) is 6.92 Å². The first-order chi connectivity index (χ1) is 7.01. The average Bonchev–Trinajstić information content (AvgIpc) is 2.24. The lowest BCUT2D eigenvalue weighted by atomic mass is 10.2. The quantitative estimate of drug-likeness (QED) is 0.478. The van der Waals surface area contributed by atoms with Gasteiger partial charge in [-0.25, -0.2) is 4.79 Å². The highest BCUT2D eigenvalue weighted by Crippen LogP contribution is 2.08.